The lowest BCUT2D eigenvalue weighted by atomic mass is 10.1. The second kappa shape index (κ2) is 4.40. The van der Waals surface area contributed by atoms with Gasteiger partial charge < -0.3 is 4.90 Å². The standard InChI is InChI=1S/C10H16FNO/c1-3-8(2)12-7-9(4-5-11)6-10(12)13/h4-5,8-9H,3,6-7H2,1-2H3/b5-4-. The van der Waals surface area contributed by atoms with Gasteiger partial charge in [-0.25, -0.2) is 4.39 Å². The zero-order chi connectivity index (χ0) is 9.84. The van der Waals surface area contributed by atoms with E-state index >= 15 is 0 Å². The van der Waals surface area contributed by atoms with Crippen molar-refractivity contribution in [3.63, 3.8) is 0 Å². The van der Waals surface area contributed by atoms with Crippen LogP contribution < -0.4 is 0 Å². The van der Waals surface area contributed by atoms with Crippen LogP contribution in [0.1, 0.15) is 26.7 Å². The summed E-state index contributed by atoms with van der Waals surface area (Å²) < 4.78 is 11.9. The molecular formula is C10H16FNO. The first-order valence-electron chi connectivity index (χ1n) is 4.75. The molecule has 0 aromatic heterocycles. The second-order valence-corrected chi connectivity index (χ2v) is 3.59. The third-order valence-electron chi connectivity index (χ3n) is 2.66. The largest absolute Gasteiger partial charge is 0.339 e. The van der Waals surface area contributed by atoms with E-state index in [-0.39, 0.29) is 17.9 Å². The highest BCUT2D eigenvalue weighted by molar-refractivity contribution is 5.79. The van der Waals surface area contributed by atoms with Gasteiger partial charge in [-0.3, -0.25) is 4.79 Å². The number of halogens is 1. The van der Waals surface area contributed by atoms with Gasteiger partial charge in [0.15, 0.2) is 0 Å². The summed E-state index contributed by atoms with van der Waals surface area (Å²) in [5.74, 6) is 0.226. The van der Waals surface area contributed by atoms with Gasteiger partial charge in [0.2, 0.25) is 5.91 Å². The zero-order valence-corrected chi connectivity index (χ0v) is 8.16. The molecule has 0 N–H and O–H groups in total. The van der Waals surface area contributed by atoms with Crippen LogP contribution in [0.3, 0.4) is 0 Å². The summed E-state index contributed by atoms with van der Waals surface area (Å²) in [5, 5.41) is 0. The van der Waals surface area contributed by atoms with Gasteiger partial charge >= 0.3 is 0 Å². The first kappa shape index (κ1) is 10.2. The van der Waals surface area contributed by atoms with Crippen LogP contribution in [0.25, 0.3) is 0 Å². The SMILES string of the molecule is CCC(C)N1CC(/C=C\F)CC1=O. The van der Waals surface area contributed by atoms with Crippen LogP contribution in [0.2, 0.25) is 0 Å². The fourth-order valence-corrected chi connectivity index (χ4v) is 1.64. The molecule has 1 amide bonds. The molecule has 74 valence electrons. The van der Waals surface area contributed by atoms with Crippen molar-refractivity contribution < 1.29 is 9.18 Å². The molecule has 0 aliphatic carbocycles. The van der Waals surface area contributed by atoms with Crippen molar-refractivity contribution in [1.29, 1.82) is 0 Å². The summed E-state index contributed by atoms with van der Waals surface area (Å²) >= 11 is 0. The molecule has 0 spiro atoms. The predicted octanol–water partition coefficient (Wildman–Crippen LogP) is 2.12. The molecule has 2 atom stereocenters. The van der Waals surface area contributed by atoms with Crippen molar-refractivity contribution in [2.75, 3.05) is 6.54 Å². The van der Waals surface area contributed by atoms with Crippen LogP contribution in [0, 0.1) is 5.92 Å². The molecule has 0 radical (unpaired) electrons. The molecule has 1 saturated heterocycles. The minimum atomic E-state index is 0.0755. The number of nitrogens with zero attached hydrogens (tertiary/aromatic N) is 1. The Hall–Kier alpha value is -0.860. The molecule has 0 aromatic rings. The maximum absolute atomic E-state index is 11.9. The minimum absolute atomic E-state index is 0.0755. The fourth-order valence-electron chi connectivity index (χ4n) is 1.64. The van der Waals surface area contributed by atoms with Gasteiger partial charge in [0.25, 0.3) is 0 Å². The van der Waals surface area contributed by atoms with Gasteiger partial charge in [-0.15, -0.1) is 0 Å². The lowest BCUT2D eigenvalue weighted by Crippen LogP contribution is -2.33. The summed E-state index contributed by atoms with van der Waals surface area (Å²) in [7, 11) is 0. The van der Waals surface area contributed by atoms with Crippen molar-refractivity contribution in [3.8, 4) is 0 Å². The quantitative estimate of drug-likeness (QED) is 0.659. The van der Waals surface area contributed by atoms with Gasteiger partial charge in [-0.2, -0.15) is 0 Å². The van der Waals surface area contributed by atoms with Gasteiger partial charge in [0.1, 0.15) is 0 Å². The average Bonchev–Trinajstić information content (AvgIpc) is 2.46. The smallest absolute Gasteiger partial charge is 0.223 e. The topological polar surface area (TPSA) is 20.3 Å². The molecule has 0 aromatic carbocycles. The zero-order valence-electron chi connectivity index (χ0n) is 8.16. The molecule has 0 bridgehead atoms. The first-order valence-corrected chi connectivity index (χ1v) is 4.75. The maximum Gasteiger partial charge on any atom is 0.223 e. The van der Waals surface area contributed by atoms with Crippen LogP contribution in [0.4, 0.5) is 4.39 Å². The summed E-state index contributed by atoms with van der Waals surface area (Å²) in [6.07, 6.45) is 3.43. The molecule has 2 unspecified atom stereocenters. The molecule has 1 heterocycles. The van der Waals surface area contributed by atoms with Crippen LogP contribution in [-0.4, -0.2) is 23.4 Å². The van der Waals surface area contributed by atoms with Crippen LogP contribution >= 0.6 is 0 Å². The predicted molar refractivity (Wildman–Crippen MR) is 49.8 cm³/mol. The summed E-state index contributed by atoms with van der Waals surface area (Å²) in [5.41, 5.74) is 0. The van der Waals surface area contributed by atoms with Gasteiger partial charge in [-0.05, 0) is 13.3 Å². The summed E-state index contributed by atoms with van der Waals surface area (Å²) in [6, 6.07) is 0.283. The van der Waals surface area contributed by atoms with E-state index in [1.807, 2.05) is 11.8 Å². The van der Waals surface area contributed by atoms with E-state index in [2.05, 4.69) is 6.92 Å². The Morgan fingerprint density at radius 2 is 2.46 bits per heavy atom. The Morgan fingerprint density at radius 3 is 3.00 bits per heavy atom. The number of carbonyl (C=O) groups is 1. The van der Waals surface area contributed by atoms with E-state index in [0.29, 0.717) is 19.3 Å². The van der Waals surface area contributed by atoms with Crippen LogP contribution in [0.15, 0.2) is 12.4 Å². The number of hydrogen-bond acceptors (Lipinski definition) is 1. The van der Waals surface area contributed by atoms with E-state index in [1.165, 1.54) is 6.08 Å². The molecule has 2 nitrogen and oxygen atoms in total. The number of hydrogen-bond donors (Lipinski definition) is 0. The molecule has 1 fully saturated rings. The van der Waals surface area contributed by atoms with E-state index in [9.17, 15) is 9.18 Å². The first-order chi connectivity index (χ1) is 6.19. The molecule has 13 heavy (non-hydrogen) atoms. The number of carbonyl (C=O) groups excluding carboxylic acids is 1. The Balaban J connectivity index is 2.56. The van der Waals surface area contributed by atoms with Crippen molar-refractivity contribution in [3.05, 3.63) is 12.4 Å². The van der Waals surface area contributed by atoms with E-state index in [0.717, 1.165) is 6.42 Å². The van der Waals surface area contributed by atoms with E-state index in [1.54, 1.807) is 0 Å². The Morgan fingerprint density at radius 1 is 1.77 bits per heavy atom. The average molecular weight is 185 g/mol. The van der Waals surface area contributed by atoms with Crippen molar-refractivity contribution in [1.82, 2.24) is 4.90 Å². The summed E-state index contributed by atoms with van der Waals surface area (Å²) in [4.78, 5) is 13.3. The normalized spacial score (nSPS) is 25.9. The van der Waals surface area contributed by atoms with E-state index < -0.39 is 0 Å². The Bertz CT molecular complexity index is 215. The summed E-state index contributed by atoms with van der Waals surface area (Å²) in [6.45, 7) is 4.75. The van der Waals surface area contributed by atoms with Crippen LogP contribution in [-0.2, 0) is 4.79 Å². The molecule has 1 aliphatic heterocycles. The lowest BCUT2D eigenvalue weighted by Gasteiger charge is -2.23. The molecule has 3 heteroatoms. The van der Waals surface area contributed by atoms with Crippen molar-refractivity contribution in [2.45, 2.75) is 32.7 Å². The van der Waals surface area contributed by atoms with Gasteiger partial charge in [0.05, 0.1) is 6.33 Å². The highest BCUT2D eigenvalue weighted by Crippen LogP contribution is 2.22. The Labute approximate surface area is 78.4 Å². The monoisotopic (exact) mass is 185 g/mol. The minimum Gasteiger partial charge on any atom is -0.339 e. The molecule has 1 rings (SSSR count). The molecule has 1 aliphatic rings. The molecule has 0 saturated carbocycles. The van der Waals surface area contributed by atoms with Crippen molar-refractivity contribution >= 4 is 5.91 Å². The third-order valence-corrected chi connectivity index (χ3v) is 2.66. The van der Waals surface area contributed by atoms with Gasteiger partial charge in [-0.1, -0.05) is 13.0 Å². The number of amides is 1. The number of likely N-dealkylation sites (tertiary alicyclic amines) is 1. The highest BCUT2D eigenvalue weighted by atomic mass is 19.1. The molecular weight excluding hydrogens is 169 g/mol. The lowest BCUT2D eigenvalue weighted by molar-refractivity contribution is -0.129. The third kappa shape index (κ3) is 2.29. The maximum atomic E-state index is 11.9. The fraction of sp³-hybridized carbons (Fsp3) is 0.700. The highest BCUT2D eigenvalue weighted by Gasteiger charge is 2.30. The Kier molecular flexibility index (Phi) is 3.46. The van der Waals surface area contributed by atoms with Crippen molar-refractivity contribution in [2.24, 2.45) is 5.92 Å². The van der Waals surface area contributed by atoms with Crippen LogP contribution in [0.5, 0.6) is 0 Å². The van der Waals surface area contributed by atoms with Gasteiger partial charge in [0, 0.05) is 24.9 Å². The number of rotatable bonds is 3. The van der Waals surface area contributed by atoms with E-state index in [4.69, 9.17) is 0 Å². The second-order valence-electron chi connectivity index (χ2n) is 3.59.